The van der Waals surface area contributed by atoms with Gasteiger partial charge in [0, 0.05) is 25.3 Å². The number of rotatable bonds is 5. The van der Waals surface area contributed by atoms with Crippen molar-refractivity contribution in [2.45, 2.75) is 25.3 Å². The molecule has 9 heteroatoms. The molecule has 1 aliphatic heterocycles. The molecule has 152 valence electrons. The van der Waals surface area contributed by atoms with Crippen LogP contribution in [-0.4, -0.2) is 47.9 Å². The average Bonchev–Trinajstić information content (AvgIpc) is 3.38. The first-order chi connectivity index (χ1) is 13.0. The van der Waals surface area contributed by atoms with Gasteiger partial charge in [0.25, 0.3) is 0 Å². The summed E-state index contributed by atoms with van der Waals surface area (Å²) in [6.07, 6.45) is 3.99. The van der Waals surface area contributed by atoms with Gasteiger partial charge in [-0.05, 0) is 37.8 Å². The Morgan fingerprint density at radius 3 is 2.64 bits per heavy atom. The van der Waals surface area contributed by atoms with Gasteiger partial charge < -0.3 is 30.5 Å². The maximum absolute atomic E-state index is 15.1. The molecule has 2 aliphatic rings. The molecule has 1 atom stereocenters. The molecule has 0 bridgehead atoms. The minimum absolute atomic E-state index is 0. The third-order valence-electron chi connectivity index (χ3n) is 5.51. The zero-order valence-electron chi connectivity index (χ0n) is 15.6. The topological polar surface area (TPSA) is 129 Å². The Labute approximate surface area is 160 Å². The highest BCUT2D eigenvalue weighted by Crippen LogP contribution is 2.44. The summed E-state index contributed by atoms with van der Waals surface area (Å²) in [4.78, 5) is 26.1. The SMILES string of the molecule is COc1c(N2CCC(CN)C2)c(F)cc2c(=O)c(C(=O)O)cn(C3CC3)c12.O. The molecule has 2 heterocycles. The molecule has 1 saturated carbocycles. The molecular weight excluding hydrogens is 369 g/mol. The highest BCUT2D eigenvalue weighted by molar-refractivity contribution is 5.97. The van der Waals surface area contributed by atoms with Crippen LogP contribution < -0.4 is 20.8 Å². The molecule has 2 aromatic rings. The third kappa shape index (κ3) is 3.10. The van der Waals surface area contributed by atoms with Crippen molar-refractivity contribution in [1.29, 1.82) is 0 Å². The number of aromatic nitrogens is 1. The number of carbonyl (C=O) groups is 1. The van der Waals surface area contributed by atoms with Crippen molar-refractivity contribution < 1.29 is 24.5 Å². The Balaban J connectivity index is 0.00000225. The molecule has 4 rings (SSSR count). The van der Waals surface area contributed by atoms with Crippen LogP contribution in [0.5, 0.6) is 5.75 Å². The van der Waals surface area contributed by atoms with Crippen molar-refractivity contribution >= 4 is 22.6 Å². The molecule has 1 unspecified atom stereocenters. The van der Waals surface area contributed by atoms with E-state index in [2.05, 4.69) is 0 Å². The lowest BCUT2D eigenvalue weighted by atomic mass is 10.1. The molecule has 1 aromatic carbocycles. The number of fused-ring (bicyclic) bond motifs is 1. The van der Waals surface area contributed by atoms with E-state index in [9.17, 15) is 14.7 Å². The van der Waals surface area contributed by atoms with Gasteiger partial charge in [0.05, 0.1) is 18.0 Å². The van der Waals surface area contributed by atoms with Crippen LogP contribution in [0, 0.1) is 11.7 Å². The molecule has 0 amide bonds. The summed E-state index contributed by atoms with van der Waals surface area (Å²) >= 11 is 0. The second-order valence-electron chi connectivity index (χ2n) is 7.29. The van der Waals surface area contributed by atoms with Crippen LogP contribution in [0.1, 0.15) is 35.7 Å². The molecule has 28 heavy (non-hydrogen) atoms. The number of benzene rings is 1. The number of hydrogen-bond donors (Lipinski definition) is 2. The molecule has 8 nitrogen and oxygen atoms in total. The number of pyridine rings is 1. The van der Waals surface area contributed by atoms with Crippen LogP contribution >= 0.6 is 0 Å². The average molecular weight is 393 g/mol. The van der Waals surface area contributed by atoms with Gasteiger partial charge in [-0.2, -0.15) is 0 Å². The van der Waals surface area contributed by atoms with Crippen molar-refractivity contribution in [3.8, 4) is 5.75 Å². The van der Waals surface area contributed by atoms with E-state index in [1.807, 2.05) is 4.90 Å². The Hall–Kier alpha value is -2.65. The van der Waals surface area contributed by atoms with E-state index in [1.165, 1.54) is 13.3 Å². The van der Waals surface area contributed by atoms with E-state index in [0.29, 0.717) is 30.8 Å². The molecule has 1 aliphatic carbocycles. The number of ether oxygens (including phenoxy) is 1. The third-order valence-corrected chi connectivity index (χ3v) is 5.51. The van der Waals surface area contributed by atoms with Gasteiger partial charge in [-0.15, -0.1) is 0 Å². The summed E-state index contributed by atoms with van der Waals surface area (Å²) in [5.74, 6) is -1.34. The smallest absolute Gasteiger partial charge is 0.341 e. The lowest BCUT2D eigenvalue weighted by Crippen LogP contribution is -2.25. The number of nitrogens with two attached hydrogens (primary N) is 1. The maximum Gasteiger partial charge on any atom is 0.341 e. The molecule has 0 radical (unpaired) electrons. The minimum Gasteiger partial charge on any atom is -0.492 e. The van der Waals surface area contributed by atoms with Crippen molar-refractivity contribution in [1.82, 2.24) is 4.57 Å². The van der Waals surface area contributed by atoms with Crippen LogP contribution in [0.25, 0.3) is 10.9 Å². The fourth-order valence-corrected chi connectivity index (χ4v) is 3.95. The summed E-state index contributed by atoms with van der Waals surface area (Å²) in [7, 11) is 1.45. The van der Waals surface area contributed by atoms with Crippen molar-refractivity contribution in [2.24, 2.45) is 11.7 Å². The molecule has 1 aromatic heterocycles. The summed E-state index contributed by atoms with van der Waals surface area (Å²) in [6.45, 7) is 1.81. The number of nitrogens with zero attached hydrogens (tertiary/aromatic N) is 2. The fraction of sp³-hybridized carbons (Fsp3) is 0.474. The van der Waals surface area contributed by atoms with Gasteiger partial charge in [-0.1, -0.05) is 0 Å². The van der Waals surface area contributed by atoms with Crippen molar-refractivity contribution in [3.05, 3.63) is 33.9 Å². The van der Waals surface area contributed by atoms with Gasteiger partial charge >= 0.3 is 5.97 Å². The number of carboxylic acids is 1. The fourth-order valence-electron chi connectivity index (χ4n) is 3.95. The Morgan fingerprint density at radius 1 is 1.39 bits per heavy atom. The predicted molar refractivity (Wildman–Crippen MR) is 103 cm³/mol. The van der Waals surface area contributed by atoms with Crippen LogP contribution in [0.4, 0.5) is 10.1 Å². The molecule has 2 fully saturated rings. The lowest BCUT2D eigenvalue weighted by molar-refractivity contribution is 0.0695. The first kappa shape index (κ1) is 20.1. The highest BCUT2D eigenvalue weighted by Gasteiger charge is 2.32. The largest absolute Gasteiger partial charge is 0.492 e. The van der Waals surface area contributed by atoms with Gasteiger partial charge in [0.15, 0.2) is 11.6 Å². The van der Waals surface area contributed by atoms with Gasteiger partial charge in [0.2, 0.25) is 5.43 Å². The number of carboxylic acid groups (broad SMARTS) is 1. The van der Waals surface area contributed by atoms with E-state index < -0.39 is 17.2 Å². The minimum atomic E-state index is -1.31. The second-order valence-corrected chi connectivity index (χ2v) is 7.29. The van der Waals surface area contributed by atoms with Crippen molar-refractivity contribution in [3.63, 3.8) is 0 Å². The summed E-state index contributed by atoms with van der Waals surface area (Å²) < 4.78 is 22.4. The van der Waals surface area contributed by atoms with Crippen molar-refractivity contribution in [2.75, 3.05) is 31.6 Å². The lowest BCUT2D eigenvalue weighted by Gasteiger charge is -2.24. The van der Waals surface area contributed by atoms with E-state index in [4.69, 9.17) is 10.5 Å². The first-order valence-corrected chi connectivity index (χ1v) is 9.09. The molecule has 1 saturated heterocycles. The van der Waals surface area contributed by atoms with E-state index >= 15 is 4.39 Å². The Morgan fingerprint density at radius 2 is 2.11 bits per heavy atom. The van der Waals surface area contributed by atoms with Crippen LogP contribution in [0.15, 0.2) is 17.1 Å². The van der Waals surface area contributed by atoms with Crippen LogP contribution in [0.2, 0.25) is 0 Å². The standard InChI is InChI=1S/C19H22FN3O4.H2O/c1-27-18-15-12(6-14(20)16(18)22-5-4-10(7-21)8-22)17(24)13(19(25)26)9-23(15)11-2-3-11;/h6,9-11H,2-5,7-8,21H2,1H3,(H,25,26);1H2. The van der Waals surface area contributed by atoms with Gasteiger partial charge in [0.1, 0.15) is 11.3 Å². The van der Waals surface area contributed by atoms with Crippen LogP contribution in [-0.2, 0) is 0 Å². The quantitative estimate of drug-likeness (QED) is 0.784. The Bertz CT molecular complexity index is 986. The highest BCUT2D eigenvalue weighted by atomic mass is 19.1. The van der Waals surface area contributed by atoms with E-state index in [-0.39, 0.29) is 34.1 Å². The van der Waals surface area contributed by atoms with E-state index in [0.717, 1.165) is 25.3 Å². The summed E-state index contributed by atoms with van der Waals surface area (Å²) in [5.41, 5.74) is 5.49. The molecule has 0 spiro atoms. The number of methoxy groups -OCH3 is 1. The summed E-state index contributed by atoms with van der Waals surface area (Å²) in [6, 6.07) is 1.24. The number of anilines is 1. The van der Waals surface area contributed by atoms with Gasteiger partial charge in [-0.25, -0.2) is 9.18 Å². The maximum atomic E-state index is 15.1. The zero-order valence-corrected chi connectivity index (χ0v) is 15.6. The van der Waals surface area contributed by atoms with Gasteiger partial charge in [-0.3, -0.25) is 4.79 Å². The Kier molecular flexibility index (Phi) is 5.31. The monoisotopic (exact) mass is 393 g/mol. The number of halogens is 1. The summed E-state index contributed by atoms with van der Waals surface area (Å²) in [5, 5.41) is 9.41. The number of hydrogen-bond acceptors (Lipinski definition) is 5. The number of aromatic carboxylic acids is 1. The zero-order chi connectivity index (χ0) is 19.3. The second kappa shape index (κ2) is 7.40. The van der Waals surface area contributed by atoms with Crippen LogP contribution in [0.3, 0.4) is 0 Å². The molecule has 5 N–H and O–H groups in total. The first-order valence-electron chi connectivity index (χ1n) is 9.09. The molecular formula is C19H24FN3O5. The predicted octanol–water partition coefficient (Wildman–Crippen LogP) is 1.14. The van der Waals surface area contributed by atoms with E-state index in [1.54, 1.807) is 4.57 Å². The normalized spacial score (nSPS) is 19.0.